The van der Waals surface area contributed by atoms with Gasteiger partial charge in [-0.3, -0.25) is 9.59 Å². The fourth-order valence-electron chi connectivity index (χ4n) is 4.32. The molecule has 2 saturated heterocycles. The summed E-state index contributed by atoms with van der Waals surface area (Å²) in [6.07, 6.45) is 0.200. The molecule has 2 aliphatic rings. The lowest BCUT2D eigenvalue weighted by molar-refractivity contribution is -0.133. The molecule has 0 aromatic heterocycles. The van der Waals surface area contributed by atoms with Crippen molar-refractivity contribution in [2.24, 2.45) is 0 Å². The van der Waals surface area contributed by atoms with E-state index in [1.54, 1.807) is 4.90 Å². The van der Waals surface area contributed by atoms with Crippen molar-refractivity contribution in [1.29, 1.82) is 0 Å². The first-order chi connectivity index (χ1) is 15.8. The molecule has 0 unspecified atom stereocenters. The zero-order valence-corrected chi connectivity index (χ0v) is 19.8. The number of rotatable bonds is 6. The Morgan fingerprint density at radius 2 is 1.45 bits per heavy atom. The molecule has 2 aliphatic heterocycles. The average Bonchev–Trinajstić information content (AvgIpc) is 2.83. The number of fused-ring (bicyclic) bond motifs is 1. The monoisotopic (exact) mass is 473 g/mol. The summed E-state index contributed by atoms with van der Waals surface area (Å²) in [5.41, 5.74) is 0.917. The zero-order chi connectivity index (χ0) is 23.4. The van der Waals surface area contributed by atoms with Crippen LogP contribution in [0.2, 0.25) is 0 Å². The summed E-state index contributed by atoms with van der Waals surface area (Å²) in [6.45, 7) is 3.51. The second-order valence-corrected chi connectivity index (χ2v) is 10.5. The molecule has 10 heteroatoms. The van der Waals surface area contributed by atoms with E-state index >= 15 is 0 Å². The molecule has 33 heavy (non-hydrogen) atoms. The fourth-order valence-corrected chi connectivity index (χ4v) is 5.89. The Kier molecular flexibility index (Phi) is 7.28. The Hall–Kier alpha value is -2.53. The lowest BCUT2D eigenvalue weighted by Crippen LogP contribution is -2.57. The molecule has 1 N–H and O–H groups in total. The van der Waals surface area contributed by atoms with Crippen LogP contribution in [0.25, 0.3) is 10.8 Å². The maximum absolute atomic E-state index is 12.9. The van der Waals surface area contributed by atoms with Crippen LogP contribution in [0.4, 0.5) is 0 Å². The van der Waals surface area contributed by atoms with Gasteiger partial charge in [0.05, 0.1) is 13.0 Å². The van der Waals surface area contributed by atoms with Gasteiger partial charge in [-0.15, -0.1) is 0 Å². The van der Waals surface area contributed by atoms with Crippen molar-refractivity contribution in [3.8, 4) is 0 Å². The van der Waals surface area contributed by atoms with E-state index in [0.717, 1.165) is 29.4 Å². The predicted octanol–water partition coefficient (Wildman–Crippen LogP) is 0.135. The number of likely N-dealkylation sites (N-methyl/N-ethyl adjacent to an activating group) is 1. The van der Waals surface area contributed by atoms with Crippen LogP contribution < -0.4 is 5.32 Å². The van der Waals surface area contributed by atoms with E-state index < -0.39 is 10.2 Å². The number of hydrogen-bond acceptors (Lipinski definition) is 5. The smallest absolute Gasteiger partial charge is 0.282 e. The topological polar surface area (TPSA) is 93.3 Å². The third-order valence-corrected chi connectivity index (χ3v) is 8.41. The maximum atomic E-state index is 12.9. The first-order valence-corrected chi connectivity index (χ1v) is 12.7. The lowest BCUT2D eigenvalue weighted by Gasteiger charge is -2.39. The standard InChI is InChI=1S/C23H31N5O4S/c1-25-9-13-27(14-10-25)33(31,32)28-15-11-26(12-16-28)23(30)18-24-22(29)17-20-7-4-6-19-5-2-3-8-21(19)20/h2-8H,9-18H2,1H3,(H,24,29). The molecule has 2 amide bonds. The van der Waals surface area contributed by atoms with E-state index in [-0.39, 0.29) is 37.9 Å². The molecule has 0 atom stereocenters. The number of hydrogen-bond donors (Lipinski definition) is 1. The predicted molar refractivity (Wildman–Crippen MR) is 127 cm³/mol. The van der Waals surface area contributed by atoms with Crippen molar-refractivity contribution in [2.75, 3.05) is 66.0 Å². The van der Waals surface area contributed by atoms with Crippen LogP contribution in [-0.4, -0.2) is 105 Å². The Labute approximate surface area is 195 Å². The third-order valence-electron chi connectivity index (χ3n) is 6.37. The highest BCUT2D eigenvalue weighted by atomic mass is 32.2. The highest BCUT2D eigenvalue weighted by Crippen LogP contribution is 2.19. The molecule has 0 aliphatic carbocycles. The zero-order valence-electron chi connectivity index (χ0n) is 18.9. The van der Waals surface area contributed by atoms with Gasteiger partial charge in [0.25, 0.3) is 10.2 Å². The highest BCUT2D eigenvalue weighted by Gasteiger charge is 2.34. The van der Waals surface area contributed by atoms with Gasteiger partial charge < -0.3 is 15.1 Å². The molecule has 9 nitrogen and oxygen atoms in total. The largest absolute Gasteiger partial charge is 0.347 e. The molecule has 2 aromatic carbocycles. The van der Waals surface area contributed by atoms with E-state index in [1.807, 2.05) is 49.5 Å². The number of nitrogens with one attached hydrogen (secondary N) is 1. The molecule has 2 aromatic rings. The first-order valence-electron chi connectivity index (χ1n) is 11.3. The fraction of sp³-hybridized carbons (Fsp3) is 0.478. The highest BCUT2D eigenvalue weighted by molar-refractivity contribution is 7.86. The van der Waals surface area contributed by atoms with Gasteiger partial charge in [-0.25, -0.2) is 0 Å². The minimum Gasteiger partial charge on any atom is -0.347 e. The van der Waals surface area contributed by atoms with Crippen LogP contribution in [0.15, 0.2) is 42.5 Å². The second kappa shape index (κ2) is 10.2. The van der Waals surface area contributed by atoms with E-state index in [4.69, 9.17) is 0 Å². The number of amides is 2. The summed E-state index contributed by atoms with van der Waals surface area (Å²) >= 11 is 0. The molecule has 0 saturated carbocycles. The second-order valence-electron chi connectivity index (χ2n) is 8.58. The van der Waals surface area contributed by atoms with E-state index in [0.29, 0.717) is 26.2 Å². The van der Waals surface area contributed by atoms with Gasteiger partial charge in [-0.05, 0) is 23.4 Å². The van der Waals surface area contributed by atoms with Gasteiger partial charge in [0.15, 0.2) is 0 Å². The summed E-state index contributed by atoms with van der Waals surface area (Å²) in [5.74, 6) is -0.408. The van der Waals surface area contributed by atoms with Crippen LogP contribution in [0.3, 0.4) is 0 Å². The van der Waals surface area contributed by atoms with E-state index in [1.165, 1.54) is 8.61 Å². The normalized spacial score (nSPS) is 19.0. The molecule has 2 fully saturated rings. The Bertz CT molecular complexity index is 1100. The summed E-state index contributed by atoms with van der Waals surface area (Å²) in [7, 11) is -1.52. The molecule has 2 heterocycles. The lowest BCUT2D eigenvalue weighted by atomic mass is 10.0. The van der Waals surface area contributed by atoms with Crippen LogP contribution in [0, 0.1) is 0 Å². The first kappa shape index (κ1) is 23.6. The number of carbonyl (C=O) groups is 2. The molecular formula is C23H31N5O4S. The molecular weight excluding hydrogens is 442 g/mol. The van der Waals surface area contributed by atoms with E-state index in [2.05, 4.69) is 10.2 Å². The van der Waals surface area contributed by atoms with E-state index in [9.17, 15) is 18.0 Å². The van der Waals surface area contributed by atoms with Crippen LogP contribution in [-0.2, 0) is 26.2 Å². The molecule has 0 spiro atoms. The van der Waals surface area contributed by atoms with Crippen molar-refractivity contribution in [1.82, 2.24) is 23.7 Å². The third kappa shape index (κ3) is 5.52. The average molecular weight is 474 g/mol. The van der Waals surface area contributed by atoms with Gasteiger partial charge in [0.1, 0.15) is 0 Å². The van der Waals surface area contributed by atoms with Crippen LogP contribution in [0.5, 0.6) is 0 Å². The summed E-state index contributed by atoms with van der Waals surface area (Å²) < 4.78 is 28.7. The number of carbonyl (C=O) groups excluding carboxylic acids is 2. The quantitative estimate of drug-likeness (QED) is 0.644. The van der Waals surface area contributed by atoms with Crippen molar-refractivity contribution >= 4 is 32.8 Å². The van der Waals surface area contributed by atoms with Crippen molar-refractivity contribution in [3.63, 3.8) is 0 Å². The molecule has 0 radical (unpaired) electrons. The minimum absolute atomic E-state index is 0.0885. The summed E-state index contributed by atoms with van der Waals surface area (Å²) in [5, 5.41) is 4.81. The Morgan fingerprint density at radius 3 is 2.15 bits per heavy atom. The van der Waals surface area contributed by atoms with Crippen molar-refractivity contribution in [3.05, 3.63) is 48.0 Å². The van der Waals surface area contributed by atoms with Crippen LogP contribution >= 0.6 is 0 Å². The van der Waals surface area contributed by atoms with Crippen molar-refractivity contribution < 1.29 is 18.0 Å². The maximum Gasteiger partial charge on any atom is 0.282 e. The molecule has 178 valence electrons. The minimum atomic E-state index is -3.50. The van der Waals surface area contributed by atoms with Gasteiger partial charge in [-0.2, -0.15) is 17.0 Å². The Balaban J connectivity index is 1.25. The molecule has 4 rings (SSSR count). The van der Waals surface area contributed by atoms with Gasteiger partial charge in [0.2, 0.25) is 11.8 Å². The summed E-state index contributed by atoms with van der Waals surface area (Å²) in [6, 6.07) is 13.7. The van der Waals surface area contributed by atoms with Crippen LogP contribution in [0.1, 0.15) is 5.56 Å². The van der Waals surface area contributed by atoms with Gasteiger partial charge in [0, 0.05) is 52.4 Å². The Morgan fingerprint density at radius 1 is 0.848 bits per heavy atom. The van der Waals surface area contributed by atoms with Crippen molar-refractivity contribution in [2.45, 2.75) is 6.42 Å². The summed E-state index contributed by atoms with van der Waals surface area (Å²) in [4.78, 5) is 28.8. The number of nitrogens with zero attached hydrogens (tertiary/aromatic N) is 4. The number of piperazine rings is 2. The SMILES string of the molecule is CN1CCN(S(=O)(=O)N2CCN(C(=O)CNC(=O)Cc3cccc4ccccc34)CC2)CC1. The number of benzene rings is 2. The van der Waals surface area contributed by atoms with Gasteiger partial charge >= 0.3 is 0 Å². The van der Waals surface area contributed by atoms with Gasteiger partial charge in [-0.1, -0.05) is 42.5 Å². The molecule has 0 bridgehead atoms.